The fourth-order valence-electron chi connectivity index (χ4n) is 7.18. The van der Waals surface area contributed by atoms with E-state index in [1.807, 2.05) is 123 Å². The van der Waals surface area contributed by atoms with E-state index in [4.69, 9.17) is 0 Å². The molecule has 2 atom stereocenters. The van der Waals surface area contributed by atoms with Crippen molar-refractivity contribution >= 4 is 11.9 Å². The van der Waals surface area contributed by atoms with Gasteiger partial charge in [-0.15, -0.1) is 0 Å². The van der Waals surface area contributed by atoms with Gasteiger partial charge in [0.05, 0.1) is 45.6 Å². The van der Waals surface area contributed by atoms with Gasteiger partial charge in [0.1, 0.15) is 0 Å². The van der Waals surface area contributed by atoms with Gasteiger partial charge in [0, 0.05) is 113 Å². The summed E-state index contributed by atoms with van der Waals surface area (Å²) in [6.07, 6.45) is 15.0. The zero-order chi connectivity index (χ0) is 43.3. The van der Waals surface area contributed by atoms with Crippen LogP contribution in [-0.2, 0) is 48.5 Å². The van der Waals surface area contributed by atoms with Crippen molar-refractivity contribution in [2.45, 2.75) is 51.4 Å². The van der Waals surface area contributed by atoms with Gasteiger partial charge < -0.3 is 10.2 Å². The molecule has 0 aromatic carbocycles. The molecule has 8 heterocycles. The second kappa shape index (κ2) is 23.7. The Bertz CT molecular complexity index is 2590. The third-order valence-corrected chi connectivity index (χ3v) is 10.2. The van der Waals surface area contributed by atoms with Crippen LogP contribution in [0.4, 0.5) is 0 Å². The Balaban J connectivity index is 0.000000234. The Morgan fingerprint density at radius 1 is 0.391 bits per heavy atom. The maximum atomic E-state index is 11.3. The Kier molecular flexibility index (Phi) is 17.9. The molecule has 14 heteroatoms. The number of hydrogen-bond donors (Lipinski definition) is 2. The molecule has 0 aliphatic heterocycles. The molecule has 324 valence electrons. The van der Waals surface area contributed by atoms with Crippen molar-refractivity contribution < 1.29 is 58.8 Å². The number of carboxylic acid groups (broad SMARTS) is 2. The summed E-state index contributed by atoms with van der Waals surface area (Å²) in [5.41, 5.74) is 12.4. The largest absolute Gasteiger partial charge is 0.481 e. The van der Waals surface area contributed by atoms with E-state index in [0.717, 1.165) is 78.9 Å². The summed E-state index contributed by atoms with van der Waals surface area (Å²) in [4.78, 5) is 58.2. The van der Waals surface area contributed by atoms with Crippen molar-refractivity contribution in [3.63, 3.8) is 0 Å². The van der Waals surface area contributed by atoms with Crippen LogP contribution in [0.3, 0.4) is 0 Å². The standard InChI is InChI=1S/2C25H22N4O2.2Ru/c2*1-17-7-11-27-22(14-17)24-16-19(9-13-29-24)20(5-6-25(30)31)18-8-12-28-23(15-18)21-4-2-3-10-26-21;;/h2*2-4,7-16,20H,5-6H2,1H3,(H,30,31);;. The van der Waals surface area contributed by atoms with Crippen molar-refractivity contribution in [1.29, 1.82) is 0 Å². The van der Waals surface area contributed by atoms with E-state index in [1.54, 1.807) is 49.6 Å². The number of rotatable bonds is 14. The minimum Gasteiger partial charge on any atom is -0.481 e. The molecule has 64 heavy (non-hydrogen) atoms. The van der Waals surface area contributed by atoms with Crippen LogP contribution in [0, 0.1) is 13.8 Å². The molecule has 2 unspecified atom stereocenters. The van der Waals surface area contributed by atoms with E-state index >= 15 is 0 Å². The van der Waals surface area contributed by atoms with Crippen LogP contribution in [-0.4, -0.2) is 62.0 Å². The molecule has 0 fully saturated rings. The summed E-state index contributed by atoms with van der Waals surface area (Å²) < 4.78 is 0. The molecule has 12 nitrogen and oxygen atoms in total. The van der Waals surface area contributed by atoms with Gasteiger partial charge in [-0.2, -0.15) is 0 Å². The first-order valence-corrected chi connectivity index (χ1v) is 20.2. The Hall–Kier alpha value is -6.61. The normalized spacial score (nSPS) is 11.4. The summed E-state index contributed by atoms with van der Waals surface area (Å²) >= 11 is 0. The van der Waals surface area contributed by atoms with Crippen LogP contribution >= 0.6 is 0 Å². The zero-order valence-corrected chi connectivity index (χ0v) is 38.5. The van der Waals surface area contributed by atoms with Gasteiger partial charge in [0.15, 0.2) is 0 Å². The Morgan fingerprint density at radius 3 is 0.953 bits per heavy atom. The molecular weight excluding hydrogens is 979 g/mol. The van der Waals surface area contributed by atoms with Crippen LogP contribution < -0.4 is 0 Å². The summed E-state index contributed by atoms with van der Waals surface area (Å²) in [7, 11) is 0. The number of pyridine rings is 8. The minimum absolute atomic E-state index is 0. The maximum absolute atomic E-state index is 11.3. The van der Waals surface area contributed by atoms with Gasteiger partial charge in [-0.3, -0.25) is 49.5 Å². The average molecular weight is 1020 g/mol. The predicted molar refractivity (Wildman–Crippen MR) is 237 cm³/mol. The zero-order valence-electron chi connectivity index (χ0n) is 35.0. The first-order chi connectivity index (χ1) is 30.2. The smallest absolute Gasteiger partial charge is 0.303 e. The van der Waals surface area contributed by atoms with Gasteiger partial charge in [-0.1, -0.05) is 12.1 Å². The Morgan fingerprint density at radius 2 is 0.672 bits per heavy atom. The molecule has 0 aliphatic rings. The number of aliphatic carboxylic acids is 2. The third kappa shape index (κ3) is 13.2. The van der Waals surface area contributed by atoms with Crippen LogP contribution in [0.5, 0.6) is 0 Å². The molecule has 0 radical (unpaired) electrons. The molecular formula is C50H44N8O4Ru2. The van der Waals surface area contributed by atoms with Crippen LogP contribution in [0.1, 0.15) is 70.9 Å². The summed E-state index contributed by atoms with van der Waals surface area (Å²) in [5.74, 6) is -1.88. The molecule has 0 amide bonds. The fraction of sp³-hybridized carbons (Fsp3) is 0.160. The molecule has 0 saturated carbocycles. The summed E-state index contributed by atoms with van der Waals surface area (Å²) in [6, 6.07) is 35.0. The summed E-state index contributed by atoms with van der Waals surface area (Å²) in [5, 5.41) is 18.6. The molecule has 0 bridgehead atoms. The number of aryl methyl sites for hydroxylation is 2. The van der Waals surface area contributed by atoms with Crippen molar-refractivity contribution in [3.8, 4) is 45.6 Å². The van der Waals surface area contributed by atoms with Gasteiger partial charge >= 0.3 is 11.9 Å². The van der Waals surface area contributed by atoms with E-state index in [0.29, 0.717) is 12.8 Å². The topological polar surface area (TPSA) is 178 Å². The van der Waals surface area contributed by atoms with Gasteiger partial charge in [-0.25, -0.2) is 0 Å². The SMILES string of the molecule is Cc1ccnc(-c2cc(C(CCC(=O)O)c3ccnc(-c4ccccn4)c3)ccn2)c1.Cc1ccnc(-c2cc(C(CCC(=O)O)c3ccnc(-c4ccccn4)c3)ccn2)c1.[Ru].[Ru]. The fourth-order valence-corrected chi connectivity index (χ4v) is 7.18. The number of carboxylic acids is 2. The quantitative estimate of drug-likeness (QED) is 0.0988. The van der Waals surface area contributed by atoms with Crippen LogP contribution in [0.15, 0.2) is 159 Å². The van der Waals surface area contributed by atoms with Gasteiger partial charge in [-0.05, 0) is 157 Å². The van der Waals surface area contributed by atoms with Crippen molar-refractivity contribution in [3.05, 3.63) is 192 Å². The molecule has 0 aliphatic carbocycles. The maximum Gasteiger partial charge on any atom is 0.303 e. The Labute approximate surface area is 397 Å². The second-order valence-electron chi connectivity index (χ2n) is 14.7. The first-order valence-electron chi connectivity index (χ1n) is 20.2. The number of aromatic nitrogens is 8. The van der Waals surface area contributed by atoms with E-state index in [-0.39, 0.29) is 63.6 Å². The number of hydrogen-bond acceptors (Lipinski definition) is 10. The van der Waals surface area contributed by atoms with Crippen molar-refractivity contribution in [2.24, 2.45) is 0 Å². The number of carbonyl (C=O) groups is 2. The monoisotopic (exact) mass is 1020 g/mol. The van der Waals surface area contributed by atoms with E-state index < -0.39 is 11.9 Å². The minimum atomic E-state index is -0.821. The van der Waals surface area contributed by atoms with E-state index in [2.05, 4.69) is 39.9 Å². The van der Waals surface area contributed by atoms with E-state index in [9.17, 15) is 19.8 Å². The van der Waals surface area contributed by atoms with Crippen molar-refractivity contribution in [2.75, 3.05) is 0 Å². The van der Waals surface area contributed by atoms with Crippen LogP contribution in [0.25, 0.3) is 45.6 Å². The molecule has 0 saturated heterocycles. The van der Waals surface area contributed by atoms with Crippen molar-refractivity contribution in [1.82, 2.24) is 39.9 Å². The van der Waals surface area contributed by atoms with E-state index in [1.165, 1.54) is 0 Å². The molecule has 2 N–H and O–H groups in total. The first kappa shape index (κ1) is 48.4. The molecule has 8 aromatic rings. The molecule has 0 spiro atoms. The second-order valence-corrected chi connectivity index (χ2v) is 14.7. The number of nitrogens with zero attached hydrogens (tertiary/aromatic N) is 8. The summed E-state index contributed by atoms with van der Waals surface area (Å²) in [6.45, 7) is 4.03. The van der Waals surface area contributed by atoms with Crippen LogP contribution in [0.2, 0.25) is 0 Å². The molecule has 8 aromatic heterocycles. The predicted octanol–water partition coefficient (Wildman–Crippen LogP) is 9.81. The molecule has 8 rings (SSSR count). The third-order valence-electron chi connectivity index (χ3n) is 10.2. The average Bonchev–Trinajstić information content (AvgIpc) is 3.30. The van der Waals surface area contributed by atoms with Gasteiger partial charge in [0.2, 0.25) is 0 Å². The van der Waals surface area contributed by atoms with Gasteiger partial charge in [0.25, 0.3) is 0 Å².